The number of carbonyl (C=O) groups excluding carboxylic acids is 1. The van der Waals surface area contributed by atoms with Gasteiger partial charge in [0, 0.05) is 49.5 Å². The highest BCUT2D eigenvalue weighted by Crippen LogP contribution is 2.28. The molecular formula is C25H24F2N6O2. The van der Waals surface area contributed by atoms with Crippen molar-refractivity contribution in [3.8, 4) is 11.5 Å². The smallest absolute Gasteiger partial charge is 0.322 e. The molecule has 1 fully saturated rings. The van der Waals surface area contributed by atoms with Gasteiger partial charge >= 0.3 is 6.03 Å². The zero-order chi connectivity index (χ0) is 24.4. The lowest BCUT2D eigenvalue weighted by atomic mass is 10.2. The van der Waals surface area contributed by atoms with Gasteiger partial charge in [-0.25, -0.2) is 23.5 Å². The number of benzene rings is 2. The Morgan fingerprint density at radius 2 is 1.91 bits per heavy atom. The van der Waals surface area contributed by atoms with Crippen LogP contribution in [0.5, 0.6) is 11.5 Å². The minimum absolute atomic E-state index is 0.157. The first-order valence-corrected chi connectivity index (χ1v) is 11.4. The molecule has 180 valence electrons. The zero-order valence-corrected chi connectivity index (χ0v) is 19.1. The van der Waals surface area contributed by atoms with E-state index < -0.39 is 11.6 Å². The van der Waals surface area contributed by atoms with Gasteiger partial charge in [-0.15, -0.1) is 0 Å². The Morgan fingerprint density at radius 3 is 2.66 bits per heavy atom. The summed E-state index contributed by atoms with van der Waals surface area (Å²) in [6.45, 7) is 4.33. The van der Waals surface area contributed by atoms with Gasteiger partial charge in [-0.05, 0) is 36.8 Å². The fourth-order valence-electron chi connectivity index (χ4n) is 4.17. The van der Waals surface area contributed by atoms with Crippen LogP contribution in [0.4, 0.5) is 25.0 Å². The summed E-state index contributed by atoms with van der Waals surface area (Å²) in [5, 5.41) is 3.06. The van der Waals surface area contributed by atoms with Crippen molar-refractivity contribution in [3.63, 3.8) is 0 Å². The molecule has 1 saturated heterocycles. The van der Waals surface area contributed by atoms with E-state index in [0.717, 1.165) is 23.9 Å². The predicted octanol–water partition coefficient (Wildman–Crippen LogP) is 4.94. The third-order valence-electron chi connectivity index (χ3n) is 6.04. The molecule has 4 aromatic rings. The molecule has 3 heterocycles. The maximum atomic E-state index is 13.9. The van der Waals surface area contributed by atoms with Gasteiger partial charge in [-0.1, -0.05) is 6.92 Å². The van der Waals surface area contributed by atoms with Crippen LogP contribution in [0.15, 0.2) is 55.1 Å². The van der Waals surface area contributed by atoms with Crippen LogP contribution in [0.1, 0.15) is 12.6 Å². The van der Waals surface area contributed by atoms with Gasteiger partial charge in [-0.2, -0.15) is 0 Å². The molecule has 2 aromatic heterocycles. The monoisotopic (exact) mass is 478 g/mol. The maximum absolute atomic E-state index is 13.9. The average molecular weight is 479 g/mol. The summed E-state index contributed by atoms with van der Waals surface area (Å²) in [5.74, 6) is -0.0580. The van der Waals surface area contributed by atoms with Crippen molar-refractivity contribution >= 4 is 28.3 Å². The number of H-pyrrole nitrogens is 1. The molecule has 0 spiro atoms. The Bertz CT molecular complexity index is 1350. The molecule has 10 heteroatoms. The highest BCUT2D eigenvalue weighted by Gasteiger charge is 2.22. The summed E-state index contributed by atoms with van der Waals surface area (Å²) in [7, 11) is 0. The first-order chi connectivity index (χ1) is 17.0. The number of hydrogen-bond acceptors (Lipinski definition) is 5. The van der Waals surface area contributed by atoms with Crippen molar-refractivity contribution in [3.05, 3.63) is 72.4 Å². The second kappa shape index (κ2) is 9.57. The second-order valence-corrected chi connectivity index (χ2v) is 8.20. The molecule has 2 amide bonds. The van der Waals surface area contributed by atoms with E-state index in [9.17, 15) is 13.6 Å². The molecule has 0 radical (unpaired) electrons. The zero-order valence-electron chi connectivity index (χ0n) is 19.1. The van der Waals surface area contributed by atoms with E-state index in [2.05, 4.69) is 25.2 Å². The number of nitrogens with zero attached hydrogens (tertiary/aromatic N) is 4. The quantitative estimate of drug-likeness (QED) is 0.424. The SMILES string of the molecule is CCc1ncncc1Oc1ccc(N2CCN(C(=O)Nc3c[nH]c4c(F)cc(F)cc34)CC2)cc1. The Morgan fingerprint density at radius 1 is 1.14 bits per heavy atom. The number of piperazine rings is 1. The molecule has 0 aliphatic carbocycles. The number of hydrogen-bond donors (Lipinski definition) is 2. The topological polar surface area (TPSA) is 86.4 Å². The molecule has 1 aliphatic rings. The van der Waals surface area contributed by atoms with Crippen molar-refractivity contribution in [1.82, 2.24) is 19.9 Å². The minimum atomic E-state index is -0.701. The Balaban J connectivity index is 1.18. The molecule has 0 saturated carbocycles. The lowest BCUT2D eigenvalue weighted by Crippen LogP contribution is -2.50. The van der Waals surface area contributed by atoms with Crippen LogP contribution in [0.2, 0.25) is 0 Å². The maximum Gasteiger partial charge on any atom is 0.322 e. The van der Waals surface area contributed by atoms with E-state index in [1.807, 2.05) is 31.2 Å². The Labute approximate surface area is 200 Å². The number of fused-ring (bicyclic) bond motifs is 1. The molecule has 35 heavy (non-hydrogen) atoms. The first kappa shape index (κ1) is 22.6. The van der Waals surface area contributed by atoms with Crippen molar-refractivity contribution in [2.24, 2.45) is 0 Å². The van der Waals surface area contributed by atoms with Crippen LogP contribution in [0.3, 0.4) is 0 Å². The average Bonchev–Trinajstić information content (AvgIpc) is 3.27. The number of halogens is 2. The van der Waals surface area contributed by atoms with Crippen molar-refractivity contribution in [2.45, 2.75) is 13.3 Å². The number of aryl methyl sites for hydroxylation is 1. The molecule has 5 rings (SSSR count). The van der Waals surface area contributed by atoms with Crippen LogP contribution in [-0.2, 0) is 6.42 Å². The van der Waals surface area contributed by atoms with Gasteiger partial charge in [0.1, 0.15) is 23.7 Å². The van der Waals surface area contributed by atoms with Gasteiger partial charge in [0.2, 0.25) is 0 Å². The van der Waals surface area contributed by atoms with Gasteiger partial charge < -0.3 is 24.8 Å². The van der Waals surface area contributed by atoms with Crippen LogP contribution in [0.25, 0.3) is 10.9 Å². The van der Waals surface area contributed by atoms with Crippen LogP contribution >= 0.6 is 0 Å². The fourth-order valence-corrected chi connectivity index (χ4v) is 4.17. The number of amides is 2. The number of nitrogens with one attached hydrogen (secondary N) is 2. The molecule has 8 nitrogen and oxygen atoms in total. The molecule has 0 bridgehead atoms. The predicted molar refractivity (Wildman–Crippen MR) is 129 cm³/mol. The summed E-state index contributed by atoms with van der Waals surface area (Å²) >= 11 is 0. The largest absolute Gasteiger partial charge is 0.454 e. The Kier molecular flexibility index (Phi) is 6.17. The van der Waals surface area contributed by atoms with E-state index in [-0.39, 0.29) is 11.5 Å². The van der Waals surface area contributed by atoms with E-state index in [1.165, 1.54) is 18.6 Å². The number of ether oxygens (including phenoxy) is 1. The van der Waals surface area contributed by atoms with E-state index in [0.29, 0.717) is 48.8 Å². The third-order valence-corrected chi connectivity index (χ3v) is 6.04. The number of carbonyl (C=O) groups is 1. The summed E-state index contributed by atoms with van der Waals surface area (Å²) in [6.07, 6.45) is 5.39. The minimum Gasteiger partial charge on any atom is -0.454 e. The molecule has 1 aliphatic heterocycles. The number of anilines is 2. The number of rotatable bonds is 5. The van der Waals surface area contributed by atoms with Crippen LogP contribution in [0, 0.1) is 11.6 Å². The summed E-state index contributed by atoms with van der Waals surface area (Å²) in [4.78, 5) is 27.6. The molecular weight excluding hydrogens is 454 g/mol. The van der Waals surface area contributed by atoms with E-state index in [1.54, 1.807) is 11.1 Å². The van der Waals surface area contributed by atoms with Crippen LogP contribution in [-0.4, -0.2) is 52.1 Å². The standard InChI is InChI=1S/C25H24F2N6O2/c1-2-21-23(14-28-15-30-21)35-18-5-3-17(4-6-18)32-7-9-33(10-8-32)25(34)31-22-13-29-24-19(22)11-16(26)12-20(24)27/h3-6,11-15,29H,2,7-10H2,1H3,(H,31,34). The van der Waals surface area contributed by atoms with Crippen LogP contribution < -0.4 is 15.0 Å². The molecule has 2 N–H and O–H groups in total. The summed E-state index contributed by atoms with van der Waals surface area (Å²) in [5.41, 5.74) is 2.38. The van der Waals surface area contributed by atoms with Gasteiger partial charge in [-0.3, -0.25) is 0 Å². The first-order valence-electron chi connectivity index (χ1n) is 11.4. The lowest BCUT2D eigenvalue weighted by molar-refractivity contribution is 0.208. The second-order valence-electron chi connectivity index (χ2n) is 8.20. The number of aromatic amines is 1. The Hall–Kier alpha value is -4.21. The van der Waals surface area contributed by atoms with Crippen molar-refractivity contribution in [1.29, 1.82) is 0 Å². The molecule has 0 atom stereocenters. The van der Waals surface area contributed by atoms with E-state index >= 15 is 0 Å². The lowest BCUT2D eigenvalue weighted by Gasteiger charge is -2.36. The number of urea groups is 1. The van der Waals surface area contributed by atoms with Gasteiger partial charge in [0.15, 0.2) is 5.75 Å². The summed E-state index contributed by atoms with van der Waals surface area (Å²) < 4.78 is 33.5. The fraction of sp³-hybridized carbons (Fsp3) is 0.240. The summed E-state index contributed by atoms with van der Waals surface area (Å²) in [6, 6.07) is 9.46. The van der Waals surface area contributed by atoms with Gasteiger partial charge in [0.05, 0.1) is 23.1 Å². The van der Waals surface area contributed by atoms with Crippen molar-refractivity contribution < 1.29 is 18.3 Å². The number of aromatic nitrogens is 3. The van der Waals surface area contributed by atoms with Gasteiger partial charge in [0.25, 0.3) is 0 Å². The normalized spacial score (nSPS) is 13.8. The van der Waals surface area contributed by atoms with Crippen molar-refractivity contribution in [2.75, 3.05) is 36.4 Å². The molecule has 2 aromatic carbocycles. The van der Waals surface area contributed by atoms with E-state index in [4.69, 9.17) is 4.74 Å². The third kappa shape index (κ3) is 4.72. The highest BCUT2D eigenvalue weighted by atomic mass is 19.1. The highest BCUT2D eigenvalue weighted by molar-refractivity contribution is 6.01. The molecule has 0 unspecified atom stereocenters.